The minimum Gasteiger partial charge on any atom is -0.245 e. The summed E-state index contributed by atoms with van der Waals surface area (Å²) in [5, 5.41) is 0. The molecule has 0 saturated carbocycles. The second-order valence-corrected chi connectivity index (χ2v) is 16.0. The Hall–Kier alpha value is -0.130. The number of aromatic nitrogens is 1. The Kier molecular flexibility index (Phi) is 6.52. The topological polar surface area (TPSA) is 12.9 Å². The average Bonchev–Trinajstić information content (AvgIpc) is 3.50. The number of pyridine rings is 1. The quantitative estimate of drug-likeness (QED) is 0.180. The third kappa shape index (κ3) is 4.37. The molecular weight excluding hydrogens is 714 g/mol. The maximum absolute atomic E-state index is 5.27. The van der Waals surface area contributed by atoms with Crippen LogP contribution >= 0.6 is 109 Å². The Morgan fingerprint density at radius 1 is 0.467 bits per heavy atom. The van der Waals surface area contributed by atoms with Crippen molar-refractivity contribution >= 4 is 109 Å². The molecule has 5 aromatic rings. The van der Waals surface area contributed by atoms with Gasteiger partial charge in [-0.2, -0.15) is 0 Å². The second kappa shape index (κ2) is 9.02. The highest BCUT2D eigenvalue weighted by Crippen LogP contribution is 2.47. The van der Waals surface area contributed by atoms with Crippen LogP contribution in [0.2, 0.25) is 0 Å². The van der Waals surface area contributed by atoms with Crippen molar-refractivity contribution in [2.24, 2.45) is 0 Å². The molecule has 0 saturated heterocycles. The van der Waals surface area contributed by atoms with E-state index in [1.54, 1.807) is 45.3 Å². The van der Waals surface area contributed by atoms with Gasteiger partial charge in [0.05, 0.1) is 36.3 Å². The first-order valence-electron chi connectivity index (χ1n) is 8.56. The van der Waals surface area contributed by atoms with Crippen molar-refractivity contribution in [2.45, 2.75) is 0 Å². The van der Waals surface area contributed by atoms with Crippen LogP contribution < -0.4 is 0 Å². The molecule has 0 amide bonds. The van der Waals surface area contributed by atoms with Gasteiger partial charge in [-0.05, 0) is 118 Å². The molecule has 5 heterocycles. The molecule has 0 aliphatic heterocycles. The summed E-state index contributed by atoms with van der Waals surface area (Å²) in [5.74, 6) is 0. The molecule has 0 spiro atoms. The first-order valence-corrected chi connectivity index (χ1v) is 15.0. The fourth-order valence-corrected chi connectivity index (χ4v) is 8.65. The highest BCUT2D eigenvalue weighted by Gasteiger charge is 2.21. The van der Waals surface area contributed by atoms with E-state index in [9.17, 15) is 0 Å². The monoisotopic (exact) mass is 719 g/mol. The molecule has 9 heteroatoms. The van der Waals surface area contributed by atoms with Gasteiger partial charge in [0.2, 0.25) is 0 Å². The van der Waals surface area contributed by atoms with E-state index in [-0.39, 0.29) is 0 Å². The molecule has 0 aliphatic rings. The molecular formula is C21H9Br4NS4. The Labute approximate surface area is 223 Å². The van der Waals surface area contributed by atoms with Crippen LogP contribution in [0.1, 0.15) is 0 Å². The minimum atomic E-state index is 1.01. The molecule has 150 valence electrons. The zero-order valence-corrected chi connectivity index (χ0v) is 24.4. The highest BCUT2D eigenvalue weighted by atomic mass is 79.9. The number of halogens is 4. The predicted molar refractivity (Wildman–Crippen MR) is 148 cm³/mol. The summed E-state index contributed by atoms with van der Waals surface area (Å²) in [5.41, 5.74) is 4.33. The number of rotatable bonds is 4. The van der Waals surface area contributed by atoms with Crippen LogP contribution in [0.15, 0.2) is 69.7 Å². The van der Waals surface area contributed by atoms with Crippen molar-refractivity contribution in [1.82, 2.24) is 4.98 Å². The lowest BCUT2D eigenvalue weighted by molar-refractivity contribution is 1.36. The Bertz CT molecular complexity index is 1160. The number of nitrogens with zero attached hydrogens (tertiary/aromatic N) is 1. The molecule has 0 atom stereocenters. The number of thiophene rings is 4. The van der Waals surface area contributed by atoms with Gasteiger partial charge >= 0.3 is 0 Å². The predicted octanol–water partition coefficient (Wildman–Crippen LogP) is 11.0. The molecule has 0 bridgehead atoms. The molecule has 0 radical (unpaired) electrons. The van der Waals surface area contributed by atoms with Gasteiger partial charge in [0.15, 0.2) is 0 Å². The van der Waals surface area contributed by atoms with Crippen molar-refractivity contribution in [1.29, 1.82) is 0 Å². The van der Waals surface area contributed by atoms with E-state index in [0.29, 0.717) is 0 Å². The highest BCUT2D eigenvalue weighted by molar-refractivity contribution is 9.11. The fourth-order valence-electron chi connectivity index (χ4n) is 3.07. The molecule has 5 aromatic heterocycles. The largest absolute Gasteiger partial charge is 0.245 e. The van der Waals surface area contributed by atoms with Gasteiger partial charge in [-0.3, -0.25) is 0 Å². The fraction of sp³-hybridized carbons (Fsp3) is 0. The van der Waals surface area contributed by atoms with E-state index < -0.39 is 0 Å². The number of hydrogen-bond donors (Lipinski definition) is 0. The summed E-state index contributed by atoms with van der Waals surface area (Å²) in [4.78, 5) is 9.97. The summed E-state index contributed by atoms with van der Waals surface area (Å²) in [6.45, 7) is 0. The zero-order chi connectivity index (χ0) is 20.8. The Morgan fingerprint density at radius 3 is 1.10 bits per heavy atom. The van der Waals surface area contributed by atoms with Crippen LogP contribution in [0.4, 0.5) is 0 Å². The Balaban J connectivity index is 1.83. The van der Waals surface area contributed by atoms with Crippen molar-refractivity contribution in [3.05, 3.63) is 69.7 Å². The second-order valence-electron chi connectivity index (χ2n) is 6.20. The molecule has 0 unspecified atom stereocenters. The van der Waals surface area contributed by atoms with Crippen molar-refractivity contribution in [2.75, 3.05) is 0 Å². The van der Waals surface area contributed by atoms with Crippen LogP contribution in [-0.4, -0.2) is 4.98 Å². The van der Waals surface area contributed by atoms with Gasteiger partial charge in [-0.15, -0.1) is 45.3 Å². The molecule has 30 heavy (non-hydrogen) atoms. The van der Waals surface area contributed by atoms with Gasteiger partial charge in [0.1, 0.15) is 0 Å². The molecule has 0 fully saturated rings. The average molecular weight is 723 g/mol. The molecule has 1 nitrogen and oxygen atoms in total. The lowest BCUT2D eigenvalue weighted by Gasteiger charge is -2.13. The summed E-state index contributed by atoms with van der Waals surface area (Å²) in [7, 11) is 0. The van der Waals surface area contributed by atoms with Gasteiger partial charge in [-0.25, -0.2) is 4.98 Å². The van der Waals surface area contributed by atoms with E-state index in [0.717, 1.165) is 47.4 Å². The van der Waals surface area contributed by atoms with Crippen LogP contribution in [0.3, 0.4) is 0 Å². The maximum atomic E-state index is 5.27. The summed E-state index contributed by atoms with van der Waals surface area (Å²) >= 11 is 21.3. The smallest absolute Gasteiger partial charge is 0.0896 e. The minimum absolute atomic E-state index is 1.01. The zero-order valence-electron chi connectivity index (χ0n) is 14.8. The van der Waals surface area contributed by atoms with E-state index in [4.69, 9.17) is 4.98 Å². The van der Waals surface area contributed by atoms with Crippen molar-refractivity contribution in [3.8, 4) is 42.0 Å². The van der Waals surface area contributed by atoms with Crippen LogP contribution in [0, 0.1) is 0 Å². The van der Waals surface area contributed by atoms with Crippen LogP contribution in [-0.2, 0) is 0 Å². The SMILES string of the molecule is Brc1ccc(-c2cc(-c3ccc(Br)s3)c(-c3ccc(Br)s3)nc2-c2ccc(Br)s2)s1. The normalized spacial score (nSPS) is 11.3. The molecule has 5 rings (SSSR count). The van der Waals surface area contributed by atoms with Gasteiger partial charge in [0.25, 0.3) is 0 Å². The van der Waals surface area contributed by atoms with E-state index in [2.05, 4.69) is 118 Å². The lowest BCUT2D eigenvalue weighted by atomic mass is 10.0. The lowest BCUT2D eigenvalue weighted by Crippen LogP contribution is -1.93. The van der Waals surface area contributed by atoms with Crippen LogP contribution in [0.25, 0.3) is 42.0 Å². The summed E-state index contributed by atoms with van der Waals surface area (Å²) in [6, 6.07) is 19.3. The van der Waals surface area contributed by atoms with Crippen molar-refractivity contribution in [3.63, 3.8) is 0 Å². The van der Waals surface area contributed by atoms with Gasteiger partial charge in [0, 0.05) is 20.9 Å². The molecule has 0 aliphatic carbocycles. The first kappa shape index (κ1) is 21.7. The third-order valence-corrected chi connectivity index (χ3v) is 10.9. The summed E-state index contributed by atoms with van der Waals surface area (Å²) < 4.78 is 4.43. The van der Waals surface area contributed by atoms with Gasteiger partial charge < -0.3 is 0 Å². The standard InChI is InChI=1S/C21H9Br4NS4/c22-16-5-1-12(27-16)10-9-11(13-2-6-17(23)28-13)21(15-4-8-19(25)30-15)26-20(10)14-3-7-18(24)29-14/h1-9H. The Morgan fingerprint density at radius 2 is 0.800 bits per heavy atom. The molecule has 0 aromatic carbocycles. The van der Waals surface area contributed by atoms with Gasteiger partial charge in [-0.1, -0.05) is 0 Å². The molecule has 0 N–H and O–H groups in total. The van der Waals surface area contributed by atoms with E-state index >= 15 is 0 Å². The van der Waals surface area contributed by atoms with Crippen LogP contribution in [0.5, 0.6) is 0 Å². The maximum Gasteiger partial charge on any atom is 0.0896 e. The summed E-state index contributed by atoms with van der Waals surface area (Å²) in [6.07, 6.45) is 0. The third-order valence-electron chi connectivity index (χ3n) is 4.31. The van der Waals surface area contributed by atoms with Crippen molar-refractivity contribution < 1.29 is 0 Å². The van der Waals surface area contributed by atoms with E-state index in [1.807, 2.05) is 0 Å². The first-order chi connectivity index (χ1) is 14.5. The number of hydrogen-bond acceptors (Lipinski definition) is 5. The van der Waals surface area contributed by atoms with E-state index in [1.165, 1.54) is 9.75 Å².